The molecule has 9 nitrogen and oxygen atoms in total. The Morgan fingerprint density at radius 1 is 1.05 bits per heavy atom. The first-order chi connectivity index (χ1) is 18.7. The Morgan fingerprint density at radius 2 is 1.75 bits per heavy atom. The molecular weight excluding hydrogens is 510 g/mol. The van der Waals surface area contributed by atoms with Gasteiger partial charge in [0.1, 0.15) is 23.9 Å². The van der Waals surface area contributed by atoms with Gasteiger partial charge in [0, 0.05) is 12.3 Å². The zero-order chi connectivity index (χ0) is 29.4. The van der Waals surface area contributed by atoms with Crippen molar-refractivity contribution in [3.8, 4) is 0 Å². The van der Waals surface area contributed by atoms with Crippen LogP contribution in [-0.2, 0) is 35.1 Å². The third-order valence-corrected chi connectivity index (χ3v) is 8.49. The molecule has 1 unspecified atom stereocenters. The van der Waals surface area contributed by atoms with Crippen molar-refractivity contribution in [1.29, 1.82) is 0 Å². The highest BCUT2D eigenvalue weighted by molar-refractivity contribution is 5.94. The van der Waals surface area contributed by atoms with E-state index in [4.69, 9.17) is 9.47 Å². The van der Waals surface area contributed by atoms with Crippen LogP contribution >= 0.6 is 0 Å². The van der Waals surface area contributed by atoms with Gasteiger partial charge in [-0.05, 0) is 63.0 Å². The minimum atomic E-state index is -0.856. The van der Waals surface area contributed by atoms with Crippen molar-refractivity contribution in [2.45, 2.75) is 111 Å². The Labute approximate surface area is 237 Å². The smallest absolute Gasteiger partial charge is 0.309 e. The summed E-state index contributed by atoms with van der Waals surface area (Å²) in [4.78, 5) is 55.1. The molecule has 2 heterocycles. The van der Waals surface area contributed by atoms with Crippen LogP contribution in [-0.4, -0.2) is 59.1 Å². The van der Waals surface area contributed by atoms with Crippen LogP contribution in [0.2, 0.25) is 0 Å². The Bertz CT molecular complexity index is 1140. The first-order valence-electron chi connectivity index (χ1n) is 14.5. The largest absolute Gasteiger partial charge is 0.460 e. The van der Waals surface area contributed by atoms with E-state index in [9.17, 15) is 19.2 Å². The van der Waals surface area contributed by atoms with E-state index < -0.39 is 53.0 Å². The predicted octanol–water partition coefficient (Wildman–Crippen LogP) is 3.65. The highest BCUT2D eigenvalue weighted by Gasteiger charge is 2.55. The second-order valence-corrected chi connectivity index (χ2v) is 13.3. The summed E-state index contributed by atoms with van der Waals surface area (Å²) in [6.45, 7) is 12.9. The number of hydrogen-bond acceptors (Lipinski definition) is 6. The maximum absolute atomic E-state index is 13.9. The lowest BCUT2D eigenvalue weighted by atomic mass is 9.82. The maximum Gasteiger partial charge on any atom is 0.309 e. The van der Waals surface area contributed by atoms with E-state index >= 15 is 0 Å². The molecule has 9 heteroatoms. The second-order valence-electron chi connectivity index (χ2n) is 13.3. The molecule has 0 saturated carbocycles. The number of esters is 1. The van der Waals surface area contributed by atoms with E-state index in [0.717, 1.165) is 24.8 Å². The number of rotatable bonds is 6. The molecule has 1 aromatic carbocycles. The first-order valence-corrected chi connectivity index (χ1v) is 14.5. The number of fused-ring (bicyclic) bond motifs is 2. The van der Waals surface area contributed by atoms with Gasteiger partial charge in [0.25, 0.3) is 0 Å². The number of benzene rings is 1. The SMILES string of the molecule is CC(C(=O)OC(C)(C)C)[C@@H](C)C(=O)N[C@H]1CCO[C@H]2CC(C)(C)[C@@H](C(=O)N[C@@H]3CCCc4ccccc43)N2C1=O. The molecule has 2 N–H and O–H groups in total. The van der Waals surface area contributed by atoms with Gasteiger partial charge < -0.3 is 25.0 Å². The number of nitrogens with one attached hydrogen (secondary N) is 2. The van der Waals surface area contributed by atoms with Crippen LogP contribution in [0, 0.1) is 17.3 Å². The molecular formula is C31H45N3O6. The van der Waals surface area contributed by atoms with Crippen molar-refractivity contribution < 1.29 is 28.7 Å². The molecule has 3 amide bonds. The van der Waals surface area contributed by atoms with Gasteiger partial charge in [-0.2, -0.15) is 0 Å². The van der Waals surface area contributed by atoms with Gasteiger partial charge in [0.15, 0.2) is 0 Å². The van der Waals surface area contributed by atoms with Crippen molar-refractivity contribution in [3.05, 3.63) is 35.4 Å². The van der Waals surface area contributed by atoms with Crippen LogP contribution < -0.4 is 10.6 Å². The van der Waals surface area contributed by atoms with E-state index in [2.05, 4.69) is 22.8 Å². The normalized spacial score (nSPS) is 27.5. The lowest BCUT2D eigenvalue weighted by molar-refractivity contribution is -0.162. The average molecular weight is 556 g/mol. The summed E-state index contributed by atoms with van der Waals surface area (Å²) in [5.74, 6) is -2.80. The lowest BCUT2D eigenvalue weighted by Crippen LogP contribution is -2.58. The quantitative estimate of drug-likeness (QED) is 0.518. The Morgan fingerprint density at radius 3 is 2.45 bits per heavy atom. The van der Waals surface area contributed by atoms with Gasteiger partial charge in [-0.15, -0.1) is 0 Å². The van der Waals surface area contributed by atoms with Gasteiger partial charge in [-0.1, -0.05) is 52.0 Å². The maximum atomic E-state index is 13.9. The topological polar surface area (TPSA) is 114 Å². The minimum absolute atomic E-state index is 0.110. The fourth-order valence-electron chi connectivity index (χ4n) is 6.14. The van der Waals surface area contributed by atoms with E-state index in [-0.39, 0.29) is 30.9 Å². The Balaban J connectivity index is 1.49. The summed E-state index contributed by atoms with van der Waals surface area (Å²) < 4.78 is 11.5. The van der Waals surface area contributed by atoms with Crippen LogP contribution in [0.4, 0.5) is 0 Å². The van der Waals surface area contributed by atoms with E-state index in [1.165, 1.54) is 5.56 Å². The van der Waals surface area contributed by atoms with Crippen molar-refractivity contribution in [2.75, 3.05) is 6.61 Å². The molecule has 40 heavy (non-hydrogen) atoms. The lowest BCUT2D eigenvalue weighted by Gasteiger charge is -2.35. The fraction of sp³-hybridized carbons (Fsp3) is 0.677. The minimum Gasteiger partial charge on any atom is -0.460 e. The van der Waals surface area contributed by atoms with Crippen molar-refractivity contribution in [1.82, 2.24) is 15.5 Å². The monoisotopic (exact) mass is 555 g/mol. The molecule has 6 atom stereocenters. The third kappa shape index (κ3) is 6.35. The highest BCUT2D eigenvalue weighted by Crippen LogP contribution is 2.43. The van der Waals surface area contributed by atoms with Crippen LogP contribution in [0.3, 0.4) is 0 Å². The molecule has 0 aromatic heterocycles. The summed E-state index contributed by atoms with van der Waals surface area (Å²) in [6.07, 6.45) is 3.08. The molecule has 2 aliphatic heterocycles. The van der Waals surface area contributed by atoms with Gasteiger partial charge in [-0.25, -0.2) is 0 Å². The summed E-state index contributed by atoms with van der Waals surface area (Å²) in [5.41, 5.74) is 1.19. The summed E-state index contributed by atoms with van der Waals surface area (Å²) in [6, 6.07) is 6.47. The van der Waals surface area contributed by atoms with E-state index in [1.807, 2.05) is 26.0 Å². The molecule has 1 aromatic rings. The zero-order valence-electron chi connectivity index (χ0n) is 24.9. The van der Waals surface area contributed by atoms with Crippen LogP contribution in [0.1, 0.15) is 91.3 Å². The fourth-order valence-corrected chi connectivity index (χ4v) is 6.14. The van der Waals surface area contributed by atoms with Gasteiger partial charge in [0.2, 0.25) is 17.7 Å². The molecule has 1 aliphatic carbocycles. The summed E-state index contributed by atoms with van der Waals surface area (Å²) in [7, 11) is 0. The van der Waals surface area contributed by atoms with Crippen molar-refractivity contribution in [3.63, 3.8) is 0 Å². The van der Waals surface area contributed by atoms with Crippen LogP contribution in [0.5, 0.6) is 0 Å². The second kappa shape index (κ2) is 11.5. The number of hydrogen-bond donors (Lipinski definition) is 2. The molecule has 0 bridgehead atoms. The molecule has 0 radical (unpaired) electrons. The number of carbonyl (C=O) groups excluding carboxylic acids is 4. The molecule has 0 spiro atoms. The average Bonchev–Trinajstić information content (AvgIpc) is 3.07. The Hall–Kier alpha value is -2.94. The van der Waals surface area contributed by atoms with Crippen molar-refractivity contribution >= 4 is 23.7 Å². The Kier molecular flexibility index (Phi) is 8.64. The zero-order valence-corrected chi connectivity index (χ0v) is 24.9. The van der Waals surface area contributed by atoms with Gasteiger partial charge in [0.05, 0.1) is 18.6 Å². The molecule has 3 aliphatic rings. The predicted molar refractivity (Wildman–Crippen MR) is 150 cm³/mol. The third-order valence-electron chi connectivity index (χ3n) is 8.49. The van der Waals surface area contributed by atoms with Crippen LogP contribution in [0.15, 0.2) is 24.3 Å². The highest BCUT2D eigenvalue weighted by atomic mass is 16.6. The van der Waals surface area contributed by atoms with Crippen molar-refractivity contribution in [2.24, 2.45) is 17.3 Å². The molecule has 4 rings (SSSR count). The summed E-state index contributed by atoms with van der Waals surface area (Å²) >= 11 is 0. The van der Waals surface area contributed by atoms with Crippen LogP contribution in [0.25, 0.3) is 0 Å². The number of ether oxygens (including phenoxy) is 2. The molecule has 220 valence electrons. The van der Waals surface area contributed by atoms with E-state index in [0.29, 0.717) is 6.42 Å². The molecule has 2 fully saturated rings. The first kappa shape index (κ1) is 30.0. The molecule has 2 saturated heterocycles. The van der Waals surface area contributed by atoms with E-state index in [1.54, 1.807) is 39.5 Å². The standard InChI is InChI=1S/C31H45N3O6/c1-18(19(2)29(38)40-30(3,4)5)26(35)33-23-15-16-39-24-17-31(6,7)25(34(24)28(23)37)27(36)32-22-14-10-12-20-11-8-9-13-21(20)22/h8-9,11,13,18-19,22-25H,10,12,14-17H2,1-7H3,(H,32,36)(H,33,35)/t18-,19?,22-,23+,24+,25-/m1/s1. The van der Waals surface area contributed by atoms with Gasteiger partial charge >= 0.3 is 5.97 Å². The summed E-state index contributed by atoms with van der Waals surface area (Å²) in [5, 5.41) is 6.09. The number of amides is 3. The van der Waals surface area contributed by atoms with Gasteiger partial charge in [-0.3, -0.25) is 19.2 Å². The number of aryl methyl sites for hydroxylation is 1. The number of nitrogens with zero attached hydrogens (tertiary/aromatic N) is 1. The number of carbonyl (C=O) groups is 4.